The number of rotatable bonds is 10. The number of hydrogen-bond donors (Lipinski definition) is 1. The molecule has 1 aliphatic carbocycles. The Morgan fingerprint density at radius 2 is 1.75 bits per heavy atom. The molecule has 0 spiro atoms. The number of ketones is 1. The molecule has 1 aliphatic rings. The van der Waals surface area contributed by atoms with E-state index in [1.807, 2.05) is 39.0 Å². The average Bonchev–Trinajstić information content (AvgIpc) is 2.73. The van der Waals surface area contributed by atoms with Crippen molar-refractivity contribution >= 4 is 11.7 Å². The highest BCUT2D eigenvalue weighted by atomic mass is 16.5. The summed E-state index contributed by atoms with van der Waals surface area (Å²) in [7, 11) is 0. The van der Waals surface area contributed by atoms with Crippen LogP contribution in [0.4, 0.5) is 0 Å². The van der Waals surface area contributed by atoms with Crippen molar-refractivity contribution in [1.82, 2.24) is 5.32 Å². The number of benzene rings is 1. The Balaban J connectivity index is 0.000000606. The van der Waals surface area contributed by atoms with E-state index in [4.69, 9.17) is 9.47 Å². The molecule has 1 aromatic rings. The molecular weight excluding hydrogens is 354 g/mol. The Morgan fingerprint density at radius 3 is 2.36 bits per heavy atom. The van der Waals surface area contributed by atoms with Crippen LogP contribution in [0.25, 0.3) is 0 Å². The van der Waals surface area contributed by atoms with E-state index in [0.717, 1.165) is 19.3 Å². The highest BCUT2D eigenvalue weighted by molar-refractivity contribution is 5.94. The molecule has 1 N–H and O–H groups in total. The van der Waals surface area contributed by atoms with E-state index >= 15 is 0 Å². The Bertz CT molecular complexity index is 545. The Morgan fingerprint density at radius 1 is 1.07 bits per heavy atom. The predicted molar refractivity (Wildman–Crippen MR) is 115 cm³/mol. The summed E-state index contributed by atoms with van der Waals surface area (Å²) in [6.45, 7) is 8.09. The normalized spacial score (nSPS) is 14.3. The minimum atomic E-state index is -0.0716. The van der Waals surface area contributed by atoms with Crippen LogP contribution in [-0.2, 0) is 14.3 Å². The first-order valence-corrected chi connectivity index (χ1v) is 10.6. The number of carbonyl (C=O) groups is 2. The Kier molecular flexibility index (Phi) is 13.2. The Hall–Kier alpha value is -1.72. The van der Waals surface area contributed by atoms with Crippen molar-refractivity contribution in [3.05, 3.63) is 35.9 Å². The molecule has 0 aromatic heterocycles. The van der Waals surface area contributed by atoms with E-state index in [1.165, 1.54) is 19.3 Å². The zero-order valence-corrected chi connectivity index (χ0v) is 17.7. The van der Waals surface area contributed by atoms with Crippen molar-refractivity contribution in [2.24, 2.45) is 5.92 Å². The third kappa shape index (κ3) is 11.2. The van der Waals surface area contributed by atoms with Gasteiger partial charge in [-0.3, -0.25) is 9.59 Å². The summed E-state index contributed by atoms with van der Waals surface area (Å²) in [5, 5.41) is 2.79. The van der Waals surface area contributed by atoms with Crippen LogP contribution in [0.5, 0.6) is 0 Å². The van der Waals surface area contributed by atoms with Crippen molar-refractivity contribution in [2.75, 3.05) is 26.4 Å². The molecule has 0 unspecified atom stereocenters. The molecule has 0 bridgehead atoms. The molecule has 0 atom stereocenters. The SMILES string of the molecule is CC(C)OCCOCCNC(=O)c1ccccc1.CCC(=O)C1CCCCC1.[HH]. The third-order valence-corrected chi connectivity index (χ3v) is 4.66. The molecular formula is C23H39NO4. The topological polar surface area (TPSA) is 64.6 Å². The van der Waals surface area contributed by atoms with Crippen LogP contribution in [0.1, 0.15) is 71.1 Å². The monoisotopic (exact) mass is 393 g/mol. The molecule has 1 aromatic carbocycles. The van der Waals surface area contributed by atoms with Gasteiger partial charge in [-0.05, 0) is 38.8 Å². The lowest BCUT2D eigenvalue weighted by Crippen LogP contribution is -2.27. The minimum Gasteiger partial charge on any atom is -0.377 e. The van der Waals surface area contributed by atoms with Gasteiger partial charge in [0.1, 0.15) is 5.78 Å². The maximum Gasteiger partial charge on any atom is 0.251 e. The van der Waals surface area contributed by atoms with Crippen LogP contribution >= 0.6 is 0 Å². The first-order valence-electron chi connectivity index (χ1n) is 10.6. The number of hydrogen-bond acceptors (Lipinski definition) is 4. The molecule has 1 saturated carbocycles. The first kappa shape index (κ1) is 24.3. The summed E-state index contributed by atoms with van der Waals surface area (Å²) in [4.78, 5) is 22.8. The molecule has 2 rings (SSSR count). The van der Waals surface area contributed by atoms with E-state index in [-0.39, 0.29) is 13.4 Å². The lowest BCUT2D eigenvalue weighted by atomic mass is 9.85. The van der Waals surface area contributed by atoms with Gasteiger partial charge in [0.25, 0.3) is 5.91 Å². The zero-order chi connectivity index (χ0) is 20.6. The summed E-state index contributed by atoms with van der Waals surface area (Å²) in [6, 6.07) is 9.14. The Labute approximate surface area is 171 Å². The fourth-order valence-corrected chi connectivity index (χ4v) is 3.09. The maximum absolute atomic E-state index is 11.6. The lowest BCUT2D eigenvalue weighted by Gasteiger charge is -2.19. The highest BCUT2D eigenvalue weighted by Gasteiger charge is 2.18. The lowest BCUT2D eigenvalue weighted by molar-refractivity contribution is -0.123. The summed E-state index contributed by atoms with van der Waals surface area (Å²) >= 11 is 0. The van der Waals surface area contributed by atoms with Gasteiger partial charge in [0, 0.05) is 25.9 Å². The van der Waals surface area contributed by atoms with Crippen molar-refractivity contribution < 1.29 is 20.5 Å². The van der Waals surface area contributed by atoms with Crippen LogP contribution in [0.15, 0.2) is 30.3 Å². The van der Waals surface area contributed by atoms with Crippen LogP contribution in [-0.4, -0.2) is 44.2 Å². The largest absolute Gasteiger partial charge is 0.377 e. The molecule has 1 fully saturated rings. The van der Waals surface area contributed by atoms with Gasteiger partial charge in [-0.25, -0.2) is 0 Å². The average molecular weight is 394 g/mol. The molecule has 1 amide bonds. The summed E-state index contributed by atoms with van der Waals surface area (Å²) < 4.78 is 10.7. The number of amides is 1. The van der Waals surface area contributed by atoms with Crippen LogP contribution in [0.2, 0.25) is 0 Å². The minimum absolute atomic E-state index is 0. The van der Waals surface area contributed by atoms with E-state index < -0.39 is 0 Å². The maximum atomic E-state index is 11.6. The molecule has 5 heteroatoms. The van der Waals surface area contributed by atoms with Gasteiger partial charge < -0.3 is 14.8 Å². The zero-order valence-electron chi connectivity index (χ0n) is 17.7. The van der Waals surface area contributed by atoms with Gasteiger partial charge in [-0.1, -0.05) is 44.4 Å². The van der Waals surface area contributed by atoms with E-state index in [9.17, 15) is 9.59 Å². The number of carbonyl (C=O) groups excluding carboxylic acids is 2. The van der Waals surface area contributed by atoms with Gasteiger partial charge in [0.15, 0.2) is 0 Å². The van der Waals surface area contributed by atoms with Gasteiger partial charge in [0.05, 0.1) is 25.9 Å². The van der Waals surface area contributed by atoms with Crippen molar-refractivity contribution in [3.8, 4) is 0 Å². The molecule has 28 heavy (non-hydrogen) atoms. The summed E-state index contributed by atoms with van der Waals surface area (Å²) in [5.74, 6) is 0.844. The molecule has 160 valence electrons. The van der Waals surface area contributed by atoms with Crippen molar-refractivity contribution in [1.29, 1.82) is 0 Å². The number of Topliss-reactive ketones (excluding diaryl/α,β-unsaturated/α-hetero) is 1. The second-order valence-electron chi connectivity index (χ2n) is 7.31. The number of nitrogens with one attached hydrogen (secondary N) is 1. The molecule has 0 saturated heterocycles. The summed E-state index contributed by atoms with van der Waals surface area (Å²) in [6.07, 6.45) is 7.18. The summed E-state index contributed by atoms with van der Waals surface area (Å²) in [5.41, 5.74) is 0.667. The third-order valence-electron chi connectivity index (χ3n) is 4.66. The second kappa shape index (κ2) is 15.2. The molecule has 0 radical (unpaired) electrons. The van der Waals surface area contributed by atoms with Gasteiger partial charge in [-0.2, -0.15) is 0 Å². The van der Waals surface area contributed by atoms with Crippen LogP contribution in [0.3, 0.4) is 0 Å². The first-order chi connectivity index (χ1) is 13.5. The fourth-order valence-electron chi connectivity index (χ4n) is 3.09. The standard InChI is InChI=1S/C14H21NO3.C9H16O.H2/c1-12(2)18-11-10-17-9-8-15-14(16)13-6-4-3-5-7-13;1-2-9(10)8-6-4-3-5-7-8;/h3-7,12H,8-11H2,1-2H3,(H,15,16);8H,2-7H2,1H3;1H. The van der Waals surface area contributed by atoms with Crippen molar-refractivity contribution in [2.45, 2.75) is 65.4 Å². The van der Waals surface area contributed by atoms with Gasteiger partial charge >= 0.3 is 0 Å². The fraction of sp³-hybridized carbons (Fsp3) is 0.652. The predicted octanol–water partition coefficient (Wildman–Crippen LogP) is 4.65. The smallest absolute Gasteiger partial charge is 0.251 e. The molecule has 0 aliphatic heterocycles. The second-order valence-corrected chi connectivity index (χ2v) is 7.31. The van der Waals surface area contributed by atoms with Crippen LogP contribution < -0.4 is 5.32 Å². The van der Waals surface area contributed by atoms with Crippen LogP contribution in [0, 0.1) is 5.92 Å². The number of ether oxygens (including phenoxy) is 2. The molecule has 5 nitrogen and oxygen atoms in total. The van der Waals surface area contributed by atoms with Gasteiger partial charge in [-0.15, -0.1) is 0 Å². The highest BCUT2D eigenvalue weighted by Crippen LogP contribution is 2.24. The van der Waals surface area contributed by atoms with E-state index in [2.05, 4.69) is 5.32 Å². The van der Waals surface area contributed by atoms with E-state index in [1.54, 1.807) is 12.1 Å². The molecule has 0 heterocycles. The van der Waals surface area contributed by atoms with Gasteiger partial charge in [0.2, 0.25) is 0 Å². The van der Waals surface area contributed by atoms with Crippen molar-refractivity contribution in [3.63, 3.8) is 0 Å². The quantitative estimate of drug-likeness (QED) is 0.588. The van der Waals surface area contributed by atoms with E-state index in [0.29, 0.717) is 43.6 Å².